The number of rotatable bonds is 13. The number of ether oxygens (including phenoxy) is 2. The van der Waals surface area contributed by atoms with Gasteiger partial charge in [-0.05, 0) is 55.5 Å². The Balaban J connectivity index is 1.41. The molecule has 0 unspecified atom stereocenters. The molecule has 0 spiro atoms. The monoisotopic (exact) mass is 598 g/mol. The van der Waals surface area contributed by atoms with Gasteiger partial charge in [0, 0.05) is 36.6 Å². The summed E-state index contributed by atoms with van der Waals surface area (Å²) in [6.07, 6.45) is 0.633. The molecule has 1 heterocycles. The van der Waals surface area contributed by atoms with E-state index in [9.17, 15) is 19.2 Å². The third-order valence-electron chi connectivity index (χ3n) is 7.30. The van der Waals surface area contributed by atoms with Crippen LogP contribution in [0.3, 0.4) is 0 Å². The molecule has 3 N–H and O–H groups in total. The van der Waals surface area contributed by atoms with Crippen molar-refractivity contribution in [1.82, 2.24) is 15.2 Å². The predicted molar refractivity (Wildman–Crippen MR) is 168 cm³/mol. The van der Waals surface area contributed by atoms with Crippen molar-refractivity contribution in [2.75, 3.05) is 19.0 Å². The van der Waals surface area contributed by atoms with Crippen molar-refractivity contribution in [3.8, 4) is 0 Å². The number of esters is 1. The van der Waals surface area contributed by atoms with Crippen molar-refractivity contribution >= 4 is 40.5 Å². The van der Waals surface area contributed by atoms with Crippen LogP contribution in [0.25, 0.3) is 10.9 Å². The topological polar surface area (TPSA) is 128 Å². The lowest BCUT2D eigenvalue weighted by Crippen LogP contribution is -2.44. The first-order chi connectivity index (χ1) is 21.2. The van der Waals surface area contributed by atoms with Gasteiger partial charge in [0.05, 0.1) is 7.11 Å². The van der Waals surface area contributed by atoms with E-state index < -0.39 is 23.9 Å². The summed E-state index contributed by atoms with van der Waals surface area (Å²) in [5.41, 5.74) is 4.59. The number of methoxy groups -OCH3 is 1. The summed E-state index contributed by atoms with van der Waals surface area (Å²) >= 11 is 0. The van der Waals surface area contributed by atoms with Crippen LogP contribution in [-0.4, -0.2) is 48.1 Å². The van der Waals surface area contributed by atoms with Crippen molar-refractivity contribution < 1.29 is 28.7 Å². The fourth-order valence-electron chi connectivity index (χ4n) is 4.93. The Morgan fingerprint density at radius 3 is 2.48 bits per heavy atom. The molecule has 0 radical (unpaired) electrons. The molecule has 0 saturated carbocycles. The number of nitrogens with zero attached hydrogens (tertiary/aromatic N) is 1. The van der Waals surface area contributed by atoms with Gasteiger partial charge in [0.1, 0.15) is 18.3 Å². The van der Waals surface area contributed by atoms with Crippen LogP contribution in [0.15, 0.2) is 78.9 Å². The Kier molecular flexibility index (Phi) is 11.1. The zero-order valence-corrected chi connectivity index (χ0v) is 25.2. The van der Waals surface area contributed by atoms with Crippen LogP contribution in [-0.2, 0) is 39.1 Å². The first kappa shape index (κ1) is 31.8. The number of carbonyl (C=O) groups is 4. The Morgan fingerprint density at radius 1 is 0.932 bits per heavy atom. The molecule has 0 bridgehead atoms. The Morgan fingerprint density at radius 2 is 1.70 bits per heavy atom. The van der Waals surface area contributed by atoms with E-state index in [4.69, 9.17) is 9.47 Å². The number of hydrogen-bond acceptors (Lipinski definition) is 6. The van der Waals surface area contributed by atoms with E-state index in [2.05, 4.69) is 16.0 Å². The number of aryl methyl sites for hydroxylation is 3. The van der Waals surface area contributed by atoms with E-state index in [-0.39, 0.29) is 32.0 Å². The lowest BCUT2D eigenvalue weighted by molar-refractivity contribution is -0.140. The highest BCUT2D eigenvalue weighted by Crippen LogP contribution is 2.20. The van der Waals surface area contributed by atoms with E-state index >= 15 is 0 Å². The molecule has 10 heteroatoms. The van der Waals surface area contributed by atoms with Crippen LogP contribution in [0, 0.1) is 6.92 Å². The zero-order chi connectivity index (χ0) is 31.5. The quantitative estimate of drug-likeness (QED) is 0.146. The first-order valence-corrected chi connectivity index (χ1v) is 14.5. The average Bonchev–Trinajstić information content (AvgIpc) is 3.37. The molecule has 230 valence electrons. The molecule has 4 aromatic rings. The van der Waals surface area contributed by atoms with Crippen LogP contribution in [0.5, 0.6) is 0 Å². The second kappa shape index (κ2) is 15.4. The number of carbonyl (C=O) groups excluding carboxylic acids is 4. The molecule has 1 aromatic heterocycles. The molecule has 10 nitrogen and oxygen atoms in total. The van der Waals surface area contributed by atoms with Gasteiger partial charge in [-0.15, -0.1) is 0 Å². The summed E-state index contributed by atoms with van der Waals surface area (Å²) in [4.78, 5) is 50.9. The fraction of sp³-hybridized carbons (Fsp3) is 0.294. The largest absolute Gasteiger partial charge is 0.469 e. The summed E-state index contributed by atoms with van der Waals surface area (Å²) in [5, 5.41) is 9.43. The molecule has 0 saturated heterocycles. The SMILES string of the molecule is COC(=O)CCc1ccccc1NC(=O)[C@H](CCCNC(=O)OCc1cccc(C)c1)NC(=O)c1cc2ccccc2n1C. The zero-order valence-electron chi connectivity index (χ0n) is 25.2. The third kappa shape index (κ3) is 8.70. The van der Waals surface area contributed by atoms with E-state index in [1.54, 1.807) is 29.8 Å². The summed E-state index contributed by atoms with van der Waals surface area (Å²) in [6, 6.07) is 23.4. The number of benzene rings is 3. The number of aromatic nitrogens is 1. The third-order valence-corrected chi connectivity index (χ3v) is 7.30. The van der Waals surface area contributed by atoms with Crippen LogP contribution in [0.4, 0.5) is 10.5 Å². The number of fused-ring (bicyclic) bond motifs is 1. The van der Waals surface area contributed by atoms with Crippen molar-refractivity contribution in [2.45, 2.75) is 45.3 Å². The molecule has 3 amide bonds. The minimum atomic E-state index is -0.903. The van der Waals surface area contributed by atoms with Gasteiger partial charge in [-0.25, -0.2) is 4.79 Å². The maximum atomic E-state index is 13.6. The lowest BCUT2D eigenvalue weighted by Gasteiger charge is -2.20. The highest BCUT2D eigenvalue weighted by atomic mass is 16.5. The van der Waals surface area contributed by atoms with E-state index in [1.165, 1.54) is 7.11 Å². The lowest BCUT2D eigenvalue weighted by atomic mass is 10.1. The van der Waals surface area contributed by atoms with E-state index in [1.807, 2.05) is 67.6 Å². The molecule has 3 aromatic carbocycles. The predicted octanol–water partition coefficient (Wildman–Crippen LogP) is 5.04. The average molecular weight is 599 g/mol. The van der Waals surface area contributed by atoms with Crippen LogP contribution in [0.2, 0.25) is 0 Å². The summed E-state index contributed by atoms with van der Waals surface area (Å²) in [5.74, 6) is -1.16. The number of para-hydroxylation sites is 2. The van der Waals surface area contributed by atoms with E-state index in [0.717, 1.165) is 27.6 Å². The first-order valence-electron chi connectivity index (χ1n) is 14.5. The fourth-order valence-corrected chi connectivity index (χ4v) is 4.93. The molecule has 44 heavy (non-hydrogen) atoms. The summed E-state index contributed by atoms with van der Waals surface area (Å²) in [7, 11) is 3.13. The van der Waals surface area contributed by atoms with Gasteiger partial charge in [0.2, 0.25) is 5.91 Å². The summed E-state index contributed by atoms with van der Waals surface area (Å²) in [6.45, 7) is 2.36. The van der Waals surface area contributed by atoms with Crippen LogP contribution >= 0.6 is 0 Å². The Labute approximate surface area is 256 Å². The standard InChI is InChI=1S/C34H38N4O6/c1-23-10-8-11-24(20-23)22-44-34(42)35-19-9-15-28(37-33(41)30-21-26-13-5-7-16-29(26)38(30)2)32(40)36-27-14-6-4-12-25(27)17-18-31(39)43-3/h4-8,10-14,16,20-21,28H,9,15,17-19,22H2,1-3H3,(H,35,42)(H,36,40)(H,37,41)/t28-/m0/s1. The maximum absolute atomic E-state index is 13.6. The number of amides is 3. The maximum Gasteiger partial charge on any atom is 0.407 e. The molecule has 0 fully saturated rings. The van der Waals surface area contributed by atoms with Crippen molar-refractivity contribution in [2.24, 2.45) is 7.05 Å². The molecule has 1 atom stereocenters. The highest BCUT2D eigenvalue weighted by Gasteiger charge is 2.24. The normalized spacial score (nSPS) is 11.4. The van der Waals surface area contributed by atoms with Crippen molar-refractivity contribution in [3.63, 3.8) is 0 Å². The minimum Gasteiger partial charge on any atom is -0.469 e. The van der Waals surface area contributed by atoms with Crippen LogP contribution in [0.1, 0.15) is 46.4 Å². The van der Waals surface area contributed by atoms with Crippen molar-refractivity contribution in [3.05, 3.63) is 101 Å². The number of nitrogens with one attached hydrogen (secondary N) is 3. The van der Waals surface area contributed by atoms with Crippen molar-refractivity contribution in [1.29, 1.82) is 0 Å². The molecular weight excluding hydrogens is 560 g/mol. The molecule has 0 aliphatic heterocycles. The Hall–Kier alpha value is -5.12. The Bertz CT molecular complexity index is 1630. The number of anilines is 1. The molecule has 4 rings (SSSR count). The van der Waals surface area contributed by atoms with E-state index in [0.29, 0.717) is 24.2 Å². The second-order valence-corrected chi connectivity index (χ2v) is 10.5. The van der Waals surface area contributed by atoms with Gasteiger partial charge < -0.3 is 30.0 Å². The highest BCUT2D eigenvalue weighted by molar-refractivity contribution is 6.03. The number of hydrogen-bond donors (Lipinski definition) is 3. The van der Waals surface area contributed by atoms with Crippen LogP contribution < -0.4 is 16.0 Å². The molecule has 0 aliphatic rings. The molecule has 0 aliphatic carbocycles. The van der Waals surface area contributed by atoms with Gasteiger partial charge in [-0.1, -0.05) is 66.2 Å². The van der Waals surface area contributed by atoms with Gasteiger partial charge in [0.25, 0.3) is 5.91 Å². The molecular formula is C34H38N4O6. The van der Waals surface area contributed by atoms with Gasteiger partial charge in [-0.2, -0.15) is 0 Å². The smallest absolute Gasteiger partial charge is 0.407 e. The minimum absolute atomic E-state index is 0.148. The van der Waals surface area contributed by atoms with Gasteiger partial charge in [-0.3, -0.25) is 14.4 Å². The number of alkyl carbamates (subject to hydrolysis) is 1. The summed E-state index contributed by atoms with van der Waals surface area (Å²) < 4.78 is 11.8. The second-order valence-electron chi connectivity index (χ2n) is 10.5. The van der Waals surface area contributed by atoms with Gasteiger partial charge in [0.15, 0.2) is 0 Å². The van der Waals surface area contributed by atoms with Gasteiger partial charge >= 0.3 is 12.1 Å².